The largest absolute Gasteiger partial charge is 0.216 e. The smallest absolute Gasteiger partial charge is 0.214 e. The second-order valence-electron chi connectivity index (χ2n) is 5.67. The van der Waals surface area contributed by atoms with Crippen molar-refractivity contribution < 1.29 is 4.39 Å². The Morgan fingerprint density at radius 1 is 1.41 bits per heavy atom. The lowest BCUT2D eigenvalue weighted by Gasteiger charge is -2.01. The summed E-state index contributed by atoms with van der Waals surface area (Å²) in [6.07, 6.45) is 0.865. The Labute approximate surface area is 131 Å². The van der Waals surface area contributed by atoms with Crippen molar-refractivity contribution >= 4 is 16.3 Å². The first-order valence-corrected chi connectivity index (χ1v) is 7.86. The van der Waals surface area contributed by atoms with Gasteiger partial charge in [0.25, 0.3) is 0 Å². The molecule has 0 aliphatic heterocycles. The van der Waals surface area contributed by atoms with Gasteiger partial charge in [0.2, 0.25) is 4.96 Å². The first-order valence-electron chi connectivity index (χ1n) is 7.04. The summed E-state index contributed by atoms with van der Waals surface area (Å²) >= 11 is 1.49. The van der Waals surface area contributed by atoms with E-state index < -0.39 is 0 Å². The molecular formula is C16H15FN4S. The number of imidazole rings is 1. The number of nitrogens with zero attached hydrogens (tertiary/aromatic N) is 4. The van der Waals surface area contributed by atoms with Gasteiger partial charge >= 0.3 is 0 Å². The normalized spacial score (nSPS) is 11.3. The minimum atomic E-state index is -0.263. The molecule has 2 heterocycles. The van der Waals surface area contributed by atoms with Gasteiger partial charge in [0.15, 0.2) is 5.69 Å². The van der Waals surface area contributed by atoms with Crippen LogP contribution in [0.15, 0.2) is 18.2 Å². The summed E-state index contributed by atoms with van der Waals surface area (Å²) in [5.41, 5.74) is 2.22. The Balaban J connectivity index is 2.12. The predicted octanol–water partition coefficient (Wildman–Crippen LogP) is 3.98. The molecule has 0 spiro atoms. The maximum absolute atomic E-state index is 13.4. The van der Waals surface area contributed by atoms with Crippen LogP contribution >= 0.6 is 11.3 Å². The molecular weight excluding hydrogens is 299 g/mol. The summed E-state index contributed by atoms with van der Waals surface area (Å²) in [6.45, 7) is 5.95. The molecule has 1 aromatic carbocycles. The van der Waals surface area contributed by atoms with Gasteiger partial charge in [0, 0.05) is 12.0 Å². The second kappa shape index (κ2) is 5.50. The molecule has 112 valence electrons. The van der Waals surface area contributed by atoms with E-state index >= 15 is 0 Å². The molecule has 0 saturated heterocycles. The van der Waals surface area contributed by atoms with Crippen molar-refractivity contribution in [1.82, 2.24) is 14.6 Å². The zero-order valence-corrected chi connectivity index (χ0v) is 13.4. The average Bonchev–Trinajstić information content (AvgIpc) is 2.97. The van der Waals surface area contributed by atoms with E-state index in [0.717, 1.165) is 17.0 Å². The fourth-order valence-corrected chi connectivity index (χ4v) is 3.42. The summed E-state index contributed by atoms with van der Waals surface area (Å²) in [5, 5.41) is 14.9. The summed E-state index contributed by atoms with van der Waals surface area (Å²) in [5.74, 6) is 0.237. The quantitative estimate of drug-likeness (QED) is 0.735. The lowest BCUT2D eigenvalue weighted by atomic mass is 10.1. The highest BCUT2D eigenvalue weighted by Gasteiger charge is 2.18. The molecule has 0 atom stereocenters. The molecule has 0 bridgehead atoms. The van der Waals surface area contributed by atoms with Crippen molar-refractivity contribution in [1.29, 1.82) is 5.26 Å². The van der Waals surface area contributed by atoms with Crippen LogP contribution in [0.4, 0.5) is 4.39 Å². The highest BCUT2D eigenvalue weighted by atomic mass is 32.1. The molecule has 0 N–H and O–H groups in total. The van der Waals surface area contributed by atoms with Crippen molar-refractivity contribution in [2.75, 3.05) is 0 Å². The van der Waals surface area contributed by atoms with E-state index in [9.17, 15) is 9.65 Å². The van der Waals surface area contributed by atoms with Gasteiger partial charge in [0.05, 0.1) is 0 Å². The zero-order valence-electron chi connectivity index (χ0n) is 12.6. The first kappa shape index (κ1) is 14.7. The number of aromatic nitrogens is 3. The van der Waals surface area contributed by atoms with Crippen molar-refractivity contribution in [3.05, 3.63) is 40.3 Å². The Bertz CT molecular complexity index is 886. The molecule has 22 heavy (non-hydrogen) atoms. The molecule has 0 aliphatic rings. The van der Waals surface area contributed by atoms with E-state index in [-0.39, 0.29) is 5.82 Å². The molecule has 0 unspecified atom stereocenters. The maximum atomic E-state index is 13.4. The Morgan fingerprint density at radius 2 is 2.18 bits per heavy atom. The minimum Gasteiger partial charge on any atom is -0.216 e. The SMILES string of the molecule is Cc1cc(-c2nc3sc(CC(C)C)nn3c2C#N)ccc1F. The van der Waals surface area contributed by atoms with Crippen LogP contribution in [-0.4, -0.2) is 14.6 Å². The average molecular weight is 314 g/mol. The number of hydrogen-bond donors (Lipinski definition) is 0. The van der Waals surface area contributed by atoms with Gasteiger partial charge in [-0.05, 0) is 36.6 Å². The molecule has 0 aliphatic carbocycles. The number of nitriles is 1. The van der Waals surface area contributed by atoms with Gasteiger partial charge in [-0.2, -0.15) is 14.9 Å². The van der Waals surface area contributed by atoms with Gasteiger partial charge in [0.1, 0.15) is 22.6 Å². The molecule has 2 aromatic heterocycles. The van der Waals surface area contributed by atoms with Crippen molar-refractivity contribution in [3.8, 4) is 17.3 Å². The van der Waals surface area contributed by atoms with Gasteiger partial charge in [-0.15, -0.1) is 0 Å². The van der Waals surface area contributed by atoms with Gasteiger partial charge < -0.3 is 0 Å². The molecule has 0 radical (unpaired) electrons. The topological polar surface area (TPSA) is 54.0 Å². The van der Waals surface area contributed by atoms with Crippen molar-refractivity contribution in [3.63, 3.8) is 0 Å². The summed E-state index contributed by atoms with van der Waals surface area (Å²) in [6, 6.07) is 6.92. The number of halogens is 1. The van der Waals surface area contributed by atoms with Crippen molar-refractivity contribution in [2.24, 2.45) is 5.92 Å². The zero-order chi connectivity index (χ0) is 15.9. The van der Waals surface area contributed by atoms with E-state index in [2.05, 4.69) is 30.0 Å². The van der Waals surface area contributed by atoms with Crippen LogP contribution in [0.5, 0.6) is 0 Å². The van der Waals surface area contributed by atoms with Crippen LogP contribution in [0.2, 0.25) is 0 Å². The van der Waals surface area contributed by atoms with Crippen molar-refractivity contribution in [2.45, 2.75) is 27.2 Å². The first-order chi connectivity index (χ1) is 10.5. The maximum Gasteiger partial charge on any atom is 0.214 e. The second-order valence-corrected chi connectivity index (χ2v) is 6.71. The van der Waals surface area contributed by atoms with E-state index in [4.69, 9.17) is 0 Å². The fraction of sp³-hybridized carbons (Fsp3) is 0.312. The molecule has 0 saturated carbocycles. The van der Waals surface area contributed by atoms with E-state index in [1.54, 1.807) is 23.6 Å². The third kappa shape index (κ3) is 2.48. The molecule has 4 nitrogen and oxygen atoms in total. The lowest BCUT2D eigenvalue weighted by molar-refractivity contribution is 0.619. The monoisotopic (exact) mass is 314 g/mol. The Hall–Kier alpha value is -2.26. The number of fused-ring (bicyclic) bond motifs is 1. The number of aryl methyl sites for hydroxylation is 1. The Morgan fingerprint density at radius 3 is 2.82 bits per heavy atom. The molecule has 0 fully saturated rings. The minimum absolute atomic E-state index is 0.263. The van der Waals surface area contributed by atoms with Gasteiger partial charge in [-0.3, -0.25) is 0 Å². The van der Waals surface area contributed by atoms with E-state index in [1.807, 2.05) is 0 Å². The van der Waals surface area contributed by atoms with Crippen LogP contribution in [0.1, 0.15) is 30.1 Å². The summed E-state index contributed by atoms with van der Waals surface area (Å²) in [7, 11) is 0. The van der Waals surface area contributed by atoms with Crippen LogP contribution < -0.4 is 0 Å². The number of hydrogen-bond acceptors (Lipinski definition) is 4. The van der Waals surface area contributed by atoms with Crippen LogP contribution in [-0.2, 0) is 6.42 Å². The highest BCUT2D eigenvalue weighted by Crippen LogP contribution is 2.28. The summed E-state index contributed by atoms with van der Waals surface area (Å²) in [4.78, 5) is 5.22. The number of rotatable bonds is 3. The number of benzene rings is 1. The molecule has 3 aromatic rings. The predicted molar refractivity (Wildman–Crippen MR) is 84.3 cm³/mol. The third-order valence-electron chi connectivity index (χ3n) is 3.37. The van der Waals surface area contributed by atoms with Crippen LogP contribution in [0.3, 0.4) is 0 Å². The summed E-state index contributed by atoms with van der Waals surface area (Å²) < 4.78 is 15.0. The molecule has 3 rings (SSSR count). The van der Waals surface area contributed by atoms with E-state index in [1.165, 1.54) is 17.4 Å². The highest BCUT2D eigenvalue weighted by molar-refractivity contribution is 7.16. The molecule has 6 heteroatoms. The van der Waals surface area contributed by atoms with E-state index in [0.29, 0.717) is 27.8 Å². The van der Waals surface area contributed by atoms with Crippen LogP contribution in [0, 0.1) is 30.0 Å². The fourth-order valence-electron chi connectivity index (χ4n) is 2.31. The Kier molecular flexibility index (Phi) is 3.67. The van der Waals surface area contributed by atoms with Gasteiger partial charge in [-0.25, -0.2) is 9.37 Å². The third-order valence-corrected chi connectivity index (χ3v) is 4.30. The lowest BCUT2D eigenvalue weighted by Crippen LogP contribution is -1.96. The molecule has 0 amide bonds. The van der Waals surface area contributed by atoms with Gasteiger partial charge in [-0.1, -0.05) is 25.2 Å². The standard InChI is InChI=1S/C16H15FN4S/c1-9(2)6-14-20-21-13(8-18)15(19-16(21)22-14)11-4-5-12(17)10(3)7-11/h4-5,7,9H,6H2,1-3H3. The van der Waals surface area contributed by atoms with Crippen LogP contribution in [0.25, 0.3) is 16.2 Å².